The van der Waals surface area contributed by atoms with E-state index in [-0.39, 0.29) is 10.6 Å². The van der Waals surface area contributed by atoms with Gasteiger partial charge in [0.1, 0.15) is 16.1 Å². The summed E-state index contributed by atoms with van der Waals surface area (Å²) in [4.78, 5) is 19.0. The van der Waals surface area contributed by atoms with Gasteiger partial charge in [0.2, 0.25) is 0 Å². The van der Waals surface area contributed by atoms with Crippen LogP contribution in [0.25, 0.3) is 11.4 Å². The number of halogens is 3. The van der Waals surface area contributed by atoms with E-state index in [0.29, 0.717) is 33.9 Å². The van der Waals surface area contributed by atoms with Crippen LogP contribution in [0.3, 0.4) is 0 Å². The van der Waals surface area contributed by atoms with Gasteiger partial charge in [-0.3, -0.25) is 4.79 Å². The van der Waals surface area contributed by atoms with Gasteiger partial charge in [0.25, 0.3) is 5.56 Å². The van der Waals surface area contributed by atoms with Gasteiger partial charge < -0.3 is 4.98 Å². The number of aromatic nitrogens is 2. The molecule has 3 nitrogen and oxygen atoms in total. The molecule has 1 aromatic heterocycles. The molecule has 0 radical (unpaired) electrons. The Labute approximate surface area is 129 Å². The van der Waals surface area contributed by atoms with Crippen LogP contribution in [-0.2, 0) is 6.42 Å². The van der Waals surface area contributed by atoms with Gasteiger partial charge in [0, 0.05) is 5.56 Å². The fourth-order valence-corrected chi connectivity index (χ4v) is 2.44. The highest BCUT2D eigenvalue weighted by atomic mass is 79.9. The third-order valence-corrected chi connectivity index (χ3v) is 3.85. The first-order valence-corrected chi connectivity index (χ1v) is 7.29. The summed E-state index contributed by atoms with van der Waals surface area (Å²) in [6.45, 7) is 4.08. The highest BCUT2D eigenvalue weighted by Gasteiger charge is 2.13. The zero-order valence-electron chi connectivity index (χ0n) is 11.0. The number of benzene rings is 1. The average molecular weight is 360 g/mol. The minimum atomic E-state index is -0.430. The van der Waals surface area contributed by atoms with E-state index in [9.17, 15) is 9.18 Å². The second-order valence-corrected chi connectivity index (χ2v) is 6.10. The molecule has 1 N–H and O–H groups in total. The number of nitrogens with one attached hydrogen (secondary N) is 1. The van der Waals surface area contributed by atoms with Crippen LogP contribution in [-0.4, -0.2) is 9.97 Å². The molecule has 0 spiro atoms. The molecule has 0 aliphatic heterocycles. The van der Waals surface area contributed by atoms with Gasteiger partial charge in [-0.2, -0.15) is 0 Å². The Morgan fingerprint density at radius 1 is 1.45 bits per heavy atom. The summed E-state index contributed by atoms with van der Waals surface area (Å²) in [5.74, 6) is 0.275. The van der Waals surface area contributed by atoms with E-state index in [4.69, 9.17) is 11.6 Å². The first-order chi connectivity index (χ1) is 9.38. The molecular weight excluding hydrogens is 347 g/mol. The number of aromatic amines is 1. The van der Waals surface area contributed by atoms with Crippen LogP contribution >= 0.6 is 27.5 Å². The average Bonchev–Trinajstić information content (AvgIpc) is 2.34. The van der Waals surface area contributed by atoms with Crippen molar-refractivity contribution < 1.29 is 4.39 Å². The van der Waals surface area contributed by atoms with Gasteiger partial charge >= 0.3 is 0 Å². The van der Waals surface area contributed by atoms with Gasteiger partial charge in [-0.25, -0.2) is 9.37 Å². The standard InChI is InChI=1S/C14H13BrClFN2O/c1-7(2)5-11-12(15)14(20)19-13(18-11)9-4-3-8(17)6-10(9)16/h3-4,6-7H,5H2,1-2H3,(H,18,19,20). The van der Waals surface area contributed by atoms with E-state index in [0.717, 1.165) is 0 Å². The SMILES string of the molecule is CC(C)Cc1nc(-c2ccc(F)cc2Cl)[nH]c(=O)c1Br. The third kappa shape index (κ3) is 3.27. The molecule has 20 heavy (non-hydrogen) atoms. The minimum absolute atomic E-state index is 0.214. The summed E-state index contributed by atoms with van der Waals surface area (Å²) >= 11 is 9.25. The lowest BCUT2D eigenvalue weighted by molar-refractivity contribution is 0.627. The fourth-order valence-electron chi connectivity index (χ4n) is 1.84. The highest BCUT2D eigenvalue weighted by Crippen LogP contribution is 2.26. The Morgan fingerprint density at radius 3 is 2.75 bits per heavy atom. The van der Waals surface area contributed by atoms with Crippen molar-refractivity contribution in [1.82, 2.24) is 9.97 Å². The lowest BCUT2D eigenvalue weighted by atomic mass is 10.1. The number of hydrogen-bond donors (Lipinski definition) is 1. The summed E-state index contributed by atoms with van der Waals surface area (Å²) in [5, 5.41) is 0.214. The third-order valence-electron chi connectivity index (χ3n) is 2.72. The molecule has 0 aliphatic rings. The molecule has 106 valence electrons. The Morgan fingerprint density at radius 2 is 2.15 bits per heavy atom. The lowest BCUT2D eigenvalue weighted by Gasteiger charge is -2.09. The van der Waals surface area contributed by atoms with Gasteiger partial charge in [-0.05, 0) is 46.5 Å². The maximum atomic E-state index is 13.1. The first kappa shape index (κ1) is 15.2. The number of nitrogens with zero attached hydrogens (tertiary/aromatic N) is 1. The highest BCUT2D eigenvalue weighted by molar-refractivity contribution is 9.10. The number of hydrogen-bond acceptors (Lipinski definition) is 2. The van der Waals surface area contributed by atoms with Crippen LogP contribution in [0.5, 0.6) is 0 Å². The Balaban J connectivity index is 2.57. The van der Waals surface area contributed by atoms with Crippen molar-refractivity contribution in [3.05, 3.63) is 49.6 Å². The molecule has 1 heterocycles. The normalized spacial score (nSPS) is 11.1. The maximum Gasteiger partial charge on any atom is 0.265 e. The van der Waals surface area contributed by atoms with Gasteiger partial charge in [0.05, 0.1) is 10.7 Å². The zero-order chi connectivity index (χ0) is 14.9. The molecular formula is C14H13BrClFN2O. The molecule has 0 bridgehead atoms. The van der Waals surface area contributed by atoms with Crippen LogP contribution in [0.4, 0.5) is 4.39 Å². The van der Waals surface area contributed by atoms with Gasteiger partial charge in [-0.15, -0.1) is 0 Å². The predicted octanol–water partition coefficient (Wildman–Crippen LogP) is 4.19. The summed E-state index contributed by atoms with van der Waals surface area (Å²) in [6, 6.07) is 3.98. The van der Waals surface area contributed by atoms with E-state index in [2.05, 4.69) is 25.9 Å². The van der Waals surface area contributed by atoms with Crippen molar-refractivity contribution in [3.8, 4) is 11.4 Å². The van der Waals surface area contributed by atoms with Crippen molar-refractivity contribution in [3.63, 3.8) is 0 Å². The second-order valence-electron chi connectivity index (χ2n) is 4.90. The first-order valence-electron chi connectivity index (χ1n) is 6.12. The smallest absolute Gasteiger partial charge is 0.265 e. The molecule has 0 unspecified atom stereocenters. The van der Waals surface area contributed by atoms with Crippen molar-refractivity contribution in [2.75, 3.05) is 0 Å². The predicted molar refractivity (Wildman–Crippen MR) is 81.5 cm³/mol. The Bertz CT molecular complexity index is 700. The quantitative estimate of drug-likeness (QED) is 0.893. The van der Waals surface area contributed by atoms with Crippen molar-refractivity contribution >= 4 is 27.5 Å². The van der Waals surface area contributed by atoms with Crippen LogP contribution in [0.2, 0.25) is 5.02 Å². The molecule has 2 rings (SSSR count). The minimum Gasteiger partial charge on any atom is -0.305 e. The van der Waals surface area contributed by atoms with Crippen molar-refractivity contribution in [1.29, 1.82) is 0 Å². The topological polar surface area (TPSA) is 45.8 Å². The molecule has 0 fully saturated rings. The fraction of sp³-hybridized carbons (Fsp3) is 0.286. The summed E-state index contributed by atoms with van der Waals surface area (Å²) in [5.41, 5.74) is 0.896. The van der Waals surface area contributed by atoms with E-state index in [1.807, 2.05) is 13.8 Å². The molecule has 0 aliphatic carbocycles. The molecule has 1 aromatic carbocycles. The van der Waals surface area contributed by atoms with Gasteiger partial charge in [0.15, 0.2) is 0 Å². The molecule has 0 saturated heterocycles. The summed E-state index contributed by atoms with van der Waals surface area (Å²) < 4.78 is 13.5. The van der Waals surface area contributed by atoms with E-state index in [1.54, 1.807) is 0 Å². The molecule has 0 atom stereocenters. The molecule has 2 aromatic rings. The lowest BCUT2D eigenvalue weighted by Crippen LogP contribution is -2.15. The van der Waals surface area contributed by atoms with Crippen LogP contribution < -0.4 is 5.56 Å². The Hall–Kier alpha value is -1.20. The molecule has 6 heteroatoms. The van der Waals surface area contributed by atoms with Crippen LogP contribution in [0, 0.1) is 11.7 Å². The molecule has 0 saturated carbocycles. The van der Waals surface area contributed by atoms with E-state index < -0.39 is 5.82 Å². The summed E-state index contributed by atoms with van der Waals surface area (Å²) in [7, 11) is 0. The van der Waals surface area contributed by atoms with Crippen LogP contribution in [0.1, 0.15) is 19.5 Å². The Kier molecular flexibility index (Phi) is 4.60. The number of rotatable bonds is 3. The van der Waals surface area contributed by atoms with E-state index in [1.165, 1.54) is 18.2 Å². The van der Waals surface area contributed by atoms with Crippen molar-refractivity contribution in [2.45, 2.75) is 20.3 Å². The maximum absolute atomic E-state index is 13.1. The number of H-pyrrole nitrogens is 1. The molecule has 0 amide bonds. The van der Waals surface area contributed by atoms with Crippen molar-refractivity contribution in [2.24, 2.45) is 5.92 Å². The van der Waals surface area contributed by atoms with Gasteiger partial charge in [-0.1, -0.05) is 25.4 Å². The second kappa shape index (κ2) is 6.06. The monoisotopic (exact) mass is 358 g/mol. The van der Waals surface area contributed by atoms with E-state index >= 15 is 0 Å². The summed E-state index contributed by atoms with van der Waals surface area (Å²) in [6.07, 6.45) is 0.663. The largest absolute Gasteiger partial charge is 0.305 e. The zero-order valence-corrected chi connectivity index (χ0v) is 13.3. The van der Waals surface area contributed by atoms with Crippen LogP contribution in [0.15, 0.2) is 27.5 Å².